The van der Waals surface area contributed by atoms with Crippen LogP contribution in [0.4, 0.5) is 0 Å². The van der Waals surface area contributed by atoms with Crippen LogP contribution in [0.3, 0.4) is 0 Å². The molecule has 1 aromatic carbocycles. The maximum absolute atomic E-state index is 11.8. The molecule has 0 aliphatic carbocycles. The minimum atomic E-state index is 0.0133. The van der Waals surface area contributed by atoms with E-state index in [0.29, 0.717) is 19.6 Å². The lowest BCUT2D eigenvalue weighted by atomic mass is 10.1. The highest BCUT2D eigenvalue weighted by atomic mass is 16.5. The molecule has 5 heteroatoms. The predicted octanol–water partition coefficient (Wildman–Crippen LogP) is 0.342. The molecule has 2 rings (SSSR count). The maximum Gasteiger partial charge on any atom is 0.224 e. The third kappa shape index (κ3) is 4.54. The van der Waals surface area contributed by atoms with E-state index in [1.807, 2.05) is 24.3 Å². The van der Waals surface area contributed by atoms with E-state index in [1.165, 1.54) is 0 Å². The normalized spacial score (nSPS) is 18.9. The van der Waals surface area contributed by atoms with E-state index in [-0.39, 0.29) is 12.0 Å². The molecule has 1 aromatic rings. The Kier molecular flexibility index (Phi) is 5.18. The number of hydrogen-bond donors (Lipinski definition) is 2. The lowest BCUT2D eigenvalue weighted by molar-refractivity contribution is -0.121. The van der Waals surface area contributed by atoms with Crippen molar-refractivity contribution in [3.05, 3.63) is 29.8 Å². The van der Waals surface area contributed by atoms with Crippen molar-refractivity contribution in [3.63, 3.8) is 0 Å². The molecule has 1 heterocycles. The van der Waals surface area contributed by atoms with Crippen LogP contribution in [-0.2, 0) is 16.0 Å². The van der Waals surface area contributed by atoms with Crippen LogP contribution >= 0.6 is 0 Å². The standard InChI is InChI=1S/C14H20N2O3/c1-18-12-4-2-11(3-5-12)8-14(17)16-10-13-9-15-6-7-19-13/h2-5,13,15H,6-10H2,1H3,(H,16,17). The van der Waals surface area contributed by atoms with E-state index < -0.39 is 0 Å². The first-order chi connectivity index (χ1) is 9.28. The van der Waals surface area contributed by atoms with Gasteiger partial charge in [0.05, 0.1) is 26.2 Å². The smallest absolute Gasteiger partial charge is 0.224 e. The predicted molar refractivity (Wildman–Crippen MR) is 72.3 cm³/mol. The van der Waals surface area contributed by atoms with Crippen molar-refractivity contribution < 1.29 is 14.3 Å². The number of rotatable bonds is 5. The van der Waals surface area contributed by atoms with Gasteiger partial charge in [-0.15, -0.1) is 0 Å². The molecule has 1 saturated heterocycles. The molecule has 1 unspecified atom stereocenters. The molecule has 1 amide bonds. The van der Waals surface area contributed by atoms with Gasteiger partial charge >= 0.3 is 0 Å². The Hall–Kier alpha value is -1.59. The summed E-state index contributed by atoms with van der Waals surface area (Å²) in [5, 5.41) is 6.12. The fourth-order valence-electron chi connectivity index (χ4n) is 1.97. The number of carbonyl (C=O) groups excluding carboxylic acids is 1. The lowest BCUT2D eigenvalue weighted by Crippen LogP contribution is -2.45. The summed E-state index contributed by atoms with van der Waals surface area (Å²) >= 11 is 0. The zero-order valence-corrected chi connectivity index (χ0v) is 11.1. The van der Waals surface area contributed by atoms with Gasteiger partial charge in [0, 0.05) is 19.6 Å². The summed E-state index contributed by atoms with van der Waals surface area (Å²) in [6.45, 7) is 2.94. The number of amides is 1. The van der Waals surface area contributed by atoms with Crippen LogP contribution in [0.5, 0.6) is 5.75 Å². The Morgan fingerprint density at radius 1 is 1.47 bits per heavy atom. The zero-order chi connectivity index (χ0) is 13.5. The molecule has 1 fully saturated rings. The molecule has 104 valence electrons. The molecular formula is C14H20N2O3. The van der Waals surface area contributed by atoms with Crippen LogP contribution in [0.25, 0.3) is 0 Å². The van der Waals surface area contributed by atoms with E-state index in [0.717, 1.165) is 24.4 Å². The zero-order valence-electron chi connectivity index (χ0n) is 11.1. The first-order valence-corrected chi connectivity index (χ1v) is 6.50. The SMILES string of the molecule is COc1ccc(CC(=O)NCC2CNCCO2)cc1. The number of hydrogen-bond acceptors (Lipinski definition) is 4. The van der Waals surface area contributed by atoms with Crippen LogP contribution < -0.4 is 15.4 Å². The van der Waals surface area contributed by atoms with E-state index >= 15 is 0 Å². The molecule has 19 heavy (non-hydrogen) atoms. The number of methoxy groups -OCH3 is 1. The fourth-order valence-corrected chi connectivity index (χ4v) is 1.97. The molecule has 1 aliphatic heterocycles. The summed E-state index contributed by atoms with van der Waals surface area (Å²) in [5.74, 6) is 0.810. The molecule has 1 atom stereocenters. The van der Waals surface area contributed by atoms with Crippen molar-refractivity contribution in [1.82, 2.24) is 10.6 Å². The van der Waals surface area contributed by atoms with Crippen LogP contribution in [0.1, 0.15) is 5.56 Å². The quantitative estimate of drug-likeness (QED) is 0.805. The topological polar surface area (TPSA) is 59.6 Å². The summed E-state index contributed by atoms with van der Waals surface area (Å²) < 4.78 is 10.6. The van der Waals surface area contributed by atoms with Crippen molar-refractivity contribution in [2.24, 2.45) is 0 Å². The molecule has 5 nitrogen and oxygen atoms in total. The molecule has 0 radical (unpaired) electrons. The van der Waals surface area contributed by atoms with Gasteiger partial charge in [0.1, 0.15) is 5.75 Å². The largest absolute Gasteiger partial charge is 0.497 e. The minimum absolute atomic E-state index is 0.0133. The average Bonchev–Trinajstić information content (AvgIpc) is 2.47. The molecular weight excluding hydrogens is 244 g/mol. The van der Waals surface area contributed by atoms with E-state index in [9.17, 15) is 4.79 Å². The Balaban J connectivity index is 1.73. The number of benzene rings is 1. The summed E-state index contributed by atoms with van der Waals surface area (Å²) in [4.78, 5) is 11.8. The van der Waals surface area contributed by atoms with Gasteiger partial charge in [0.25, 0.3) is 0 Å². The molecule has 0 saturated carbocycles. The molecule has 0 spiro atoms. The maximum atomic E-state index is 11.8. The Labute approximate surface area is 113 Å². The third-order valence-corrected chi connectivity index (χ3v) is 3.06. The van der Waals surface area contributed by atoms with Crippen LogP contribution in [0.15, 0.2) is 24.3 Å². The van der Waals surface area contributed by atoms with Gasteiger partial charge in [-0.1, -0.05) is 12.1 Å². The first kappa shape index (κ1) is 13.8. The van der Waals surface area contributed by atoms with Crippen molar-refractivity contribution in [2.45, 2.75) is 12.5 Å². The van der Waals surface area contributed by atoms with Gasteiger partial charge in [0.15, 0.2) is 0 Å². The van der Waals surface area contributed by atoms with Crippen molar-refractivity contribution in [3.8, 4) is 5.75 Å². The number of carbonyl (C=O) groups is 1. The van der Waals surface area contributed by atoms with E-state index in [2.05, 4.69) is 10.6 Å². The molecule has 0 aromatic heterocycles. The second-order valence-corrected chi connectivity index (χ2v) is 4.53. The summed E-state index contributed by atoms with van der Waals surface area (Å²) in [6.07, 6.45) is 0.456. The monoisotopic (exact) mass is 264 g/mol. The highest BCUT2D eigenvalue weighted by molar-refractivity contribution is 5.78. The number of morpholine rings is 1. The lowest BCUT2D eigenvalue weighted by Gasteiger charge is -2.23. The summed E-state index contributed by atoms with van der Waals surface area (Å²) in [6, 6.07) is 7.52. The van der Waals surface area contributed by atoms with Crippen LogP contribution in [0, 0.1) is 0 Å². The third-order valence-electron chi connectivity index (χ3n) is 3.06. The molecule has 2 N–H and O–H groups in total. The number of nitrogens with one attached hydrogen (secondary N) is 2. The fraction of sp³-hybridized carbons (Fsp3) is 0.500. The summed E-state index contributed by atoms with van der Waals surface area (Å²) in [7, 11) is 1.62. The number of ether oxygens (including phenoxy) is 2. The highest BCUT2D eigenvalue weighted by Crippen LogP contribution is 2.11. The highest BCUT2D eigenvalue weighted by Gasteiger charge is 2.14. The first-order valence-electron chi connectivity index (χ1n) is 6.50. The summed E-state index contributed by atoms with van der Waals surface area (Å²) in [5.41, 5.74) is 0.973. The van der Waals surface area contributed by atoms with Crippen molar-refractivity contribution in [1.29, 1.82) is 0 Å². The van der Waals surface area contributed by atoms with Crippen molar-refractivity contribution >= 4 is 5.91 Å². The van der Waals surface area contributed by atoms with Gasteiger partial charge in [-0.25, -0.2) is 0 Å². The Bertz CT molecular complexity index is 400. The van der Waals surface area contributed by atoms with Gasteiger partial charge in [-0.05, 0) is 17.7 Å². The Morgan fingerprint density at radius 2 is 2.26 bits per heavy atom. The van der Waals surface area contributed by atoms with Crippen LogP contribution in [0.2, 0.25) is 0 Å². The molecule has 0 bridgehead atoms. The van der Waals surface area contributed by atoms with Gasteiger partial charge < -0.3 is 20.1 Å². The average molecular weight is 264 g/mol. The van der Waals surface area contributed by atoms with Gasteiger partial charge in [0.2, 0.25) is 5.91 Å². The Morgan fingerprint density at radius 3 is 2.89 bits per heavy atom. The van der Waals surface area contributed by atoms with E-state index in [1.54, 1.807) is 7.11 Å². The second-order valence-electron chi connectivity index (χ2n) is 4.53. The van der Waals surface area contributed by atoms with Crippen molar-refractivity contribution in [2.75, 3.05) is 33.4 Å². The van der Waals surface area contributed by atoms with Gasteiger partial charge in [-0.2, -0.15) is 0 Å². The minimum Gasteiger partial charge on any atom is -0.497 e. The van der Waals surface area contributed by atoms with E-state index in [4.69, 9.17) is 9.47 Å². The second kappa shape index (κ2) is 7.11. The molecule has 1 aliphatic rings. The van der Waals surface area contributed by atoms with Crippen LogP contribution in [-0.4, -0.2) is 45.4 Å². The van der Waals surface area contributed by atoms with Gasteiger partial charge in [-0.3, -0.25) is 4.79 Å².